The molecule has 1 heterocycles. The lowest BCUT2D eigenvalue weighted by molar-refractivity contribution is -0.118. The van der Waals surface area contributed by atoms with Crippen LogP contribution in [0.2, 0.25) is 0 Å². The summed E-state index contributed by atoms with van der Waals surface area (Å²) >= 11 is 0. The molecule has 6 heteroatoms. The van der Waals surface area contributed by atoms with Crippen LogP contribution in [0.1, 0.15) is 10.4 Å². The zero-order chi connectivity index (χ0) is 18.4. The van der Waals surface area contributed by atoms with Crippen molar-refractivity contribution in [1.82, 2.24) is 0 Å². The number of carbonyl (C=O) groups is 2. The minimum atomic E-state index is -0.319. The molecule has 2 aromatic carbocycles. The summed E-state index contributed by atoms with van der Waals surface area (Å²) in [6.45, 7) is -0.140. The number of furan rings is 1. The average Bonchev–Trinajstić information content (AvgIpc) is 3.19. The Hall–Kier alpha value is -3.54. The molecule has 0 saturated carbocycles. The van der Waals surface area contributed by atoms with Gasteiger partial charge in [0.1, 0.15) is 5.75 Å². The molecule has 0 atom stereocenters. The van der Waals surface area contributed by atoms with Crippen molar-refractivity contribution in [3.8, 4) is 5.75 Å². The first-order valence-electron chi connectivity index (χ1n) is 8.03. The second-order valence-electron chi connectivity index (χ2n) is 5.54. The van der Waals surface area contributed by atoms with Gasteiger partial charge < -0.3 is 14.1 Å². The molecule has 0 aliphatic carbocycles. The molecule has 26 heavy (non-hydrogen) atoms. The number of rotatable bonds is 6. The maximum Gasteiger partial charge on any atom is 0.264 e. The fourth-order valence-corrected chi connectivity index (χ4v) is 2.33. The van der Waals surface area contributed by atoms with E-state index in [-0.39, 0.29) is 18.4 Å². The highest BCUT2D eigenvalue weighted by Crippen LogP contribution is 2.20. The number of amides is 2. The Labute approximate surface area is 151 Å². The maximum atomic E-state index is 12.4. The van der Waals surface area contributed by atoms with E-state index in [4.69, 9.17) is 9.15 Å². The molecular weight excluding hydrogens is 332 g/mol. The standard InChI is InChI=1S/C20H18N2O4/c1-22(20(24)15-6-3-2-4-7-15)16-9-11-17(12-10-16)26-14-18(23)21-19-8-5-13-25-19/h2-13H,14H2,1H3,(H,21,23). The first-order valence-corrected chi connectivity index (χ1v) is 8.03. The van der Waals surface area contributed by atoms with Gasteiger partial charge in [0.15, 0.2) is 12.5 Å². The lowest BCUT2D eigenvalue weighted by Gasteiger charge is -2.17. The molecule has 3 rings (SSSR count). The van der Waals surface area contributed by atoms with Crippen LogP contribution >= 0.6 is 0 Å². The SMILES string of the molecule is CN(C(=O)c1ccccc1)c1ccc(OCC(=O)Nc2ccco2)cc1. The van der Waals surface area contributed by atoms with Crippen molar-refractivity contribution in [2.75, 3.05) is 23.9 Å². The van der Waals surface area contributed by atoms with Crippen molar-refractivity contribution >= 4 is 23.4 Å². The van der Waals surface area contributed by atoms with Crippen LogP contribution in [0, 0.1) is 0 Å². The minimum Gasteiger partial charge on any atom is -0.484 e. The summed E-state index contributed by atoms with van der Waals surface area (Å²) in [6.07, 6.45) is 1.47. The summed E-state index contributed by atoms with van der Waals surface area (Å²) in [6, 6.07) is 19.3. The van der Waals surface area contributed by atoms with Crippen molar-refractivity contribution in [3.05, 3.63) is 78.6 Å². The Bertz CT molecular complexity index is 859. The number of hydrogen-bond donors (Lipinski definition) is 1. The predicted molar refractivity (Wildman–Crippen MR) is 98.5 cm³/mol. The fraction of sp³-hybridized carbons (Fsp3) is 0.100. The van der Waals surface area contributed by atoms with Gasteiger partial charge >= 0.3 is 0 Å². The summed E-state index contributed by atoms with van der Waals surface area (Å²) in [7, 11) is 1.71. The summed E-state index contributed by atoms with van der Waals surface area (Å²) < 4.78 is 10.5. The number of carbonyl (C=O) groups excluding carboxylic acids is 2. The average molecular weight is 350 g/mol. The van der Waals surface area contributed by atoms with Gasteiger partial charge in [-0.15, -0.1) is 0 Å². The van der Waals surface area contributed by atoms with E-state index in [2.05, 4.69) is 5.32 Å². The molecule has 3 aromatic rings. The molecule has 0 fully saturated rings. The van der Waals surface area contributed by atoms with Crippen molar-refractivity contribution in [1.29, 1.82) is 0 Å². The highest BCUT2D eigenvalue weighted by atomic mass is 16.5. The zero-order valence-electron chi connectivity index (χ0n) is 14.2. The Morgan fingerprint density at radius 1 is 1.00 bits per heavy atom. The van der Waals surface area contributed by atoms with E-state index in [1.165, 1.54) is 6.26 Å². The molecule has 0 aliphatic heterocycles. The van der Waals surface area contributed by atoms with Crippen LogP contribution < -0.4 is 15.0 Å². The Balaban J connectivity index is 1.56. The van der Waals surface area contributed by atoms with E-state index in [1.54, 1.807) is 60.5 Å². The van der Waals surface area contributed by atoms with Crippen LogP contribution in [0.25, 0.3) is 0 Å². The molecule has 132 valence electrons. The maximum absolute atomic E-state index is 12.4. The molecule has 0 saturated heterocycles. The van der Waals surface area contributed by atoms with Gasteiger partial charge in [0.2, 0.25) is 0 Å². The van der Waals surface area contributed by atoms with Gasteiger partial charge in [-0.1, -0.05) is 18.2 Å². The molecule has 2 amide bonds. The van der Waals surface area contributed by atoms with Gasteiger partial charge in [0.05, 0.1) is 6.26 Å². The number of nitrogens with one attached hydrogen (secondary N) is 1. The summed E-state index contributed by atoms with van der Waals surface area (Å²) in [5, 5.41) is 2.57. The first kappa shape index (κ1) is 17.3. The van der Waals surface area contributed by atoms with E-state index in [0.717, 1.165) is 5.69 Å². The monoisotopic (exact) mass is 350 g/mol. The zero-order valence-corrected chi connectivity index (χ0v) is 14.2. The van der Waals surface area contributed by atoms with Gasteiger partial charge in [-0.05, 0) is 42.5 Å². The minimum absolute atomic E-state index is 0.0999. The number of anilines is 2. The van der Waals surface area contributed by atoms with Crippen LogP contribution in [-0.4, -0.2) is 25.5 Å². The third-order valence-corrected chi connectivity index (χ3v) is 3.70. The van der Waals surface area contributed by atoms with Crippen molar-refractivity contribution in [2.45, 2.75) is 0 Å². The summed E-state index contributed by atoms with van der Waals surface area (Å²) in [4.78, 5) is 25.7. The summed E-state index contributed by atoms with van der Waals surface area (Å²) in [5.41, 5.74) is 1.34. The van der Waals surface area contributed by atoms with E-state index in [1.807, 2.05) is 18.2 Å². The number of benzene rings is 2. The third kappa shape index (κ3) is 4.30. The quantitative estimate of drug-likeness (QED) is 0.738. The lowest BCUT2D eigenvalue weighted by atomic mass is 10.2. The van der Waals surface area contributed by atoms with Crippen LogP contribution in [0.3, 0.4) is 0 Å². The van der Waals surface area contributed by atoms with Crippen LogP contribution in [0.4, 0.5) is 11.6 Å². The molecule has 0 radical (unpaired) electrons. The van der Waals surface area contributed by atoms with Crippen molar-refractivity contribution in [3.63, 3.8) is 0 Å². The van der Waals surface area contributed by atoms with Gasteiger partial charge in [-0.25, -0.2) is 0 Å². The second-order valence-corrected chi connectivity index (χ2v) is 5.54. The smallest absolute Gasteiger partial charge is 0.264 e. The van der Waals surface area contributed by atoms with E-state index in [9.17, 15) is 9.59 Å². The molecule has 0 spiro atoms. The van der Waals surface area contributed by atoms with Crippen LogP contribution in [-0.2, 0) is 4.79 Å². The normalized spacial score (nSPS) is 10.2. The Morgan fingerprint density at radius 2 is 1.73 bits per heavy atom. The fourth-order valence-electron chi connectivity index (χ4n) is 2.33. The number of hydrogen-bond acceptors (Lipinski definition) is 4. The summed E-state index contributed by atoms with van der Waals surface area (Å²) in [5.74, 6) is 0.483. The highest BCUT2D eigenvalue weighted by Gasteiger charge is 2.13. The Morgan fingerprint density at radius 3 is 2.38 bits per heavy atom. The van der Waals surface area contributed by atoms with Gasteiger partial charge in [-0.2, -0.15) is 0 Å². The molecule has 0 bridgehead atoms. The van der Waals surface area contributed by atoms with E-state index >= 15 is 0 Å². The number of ether oxygens (including phenoxy) is 1. The molecule has 6 nitrogen and oxygen atoms in total. The first-order chi connectivity index (χ1) is 12.6. The van der Waals surface area contributed by atoms with Crippen molar-refractivity contribution < 1.29 is 18.7 Å². The second kappa shape index (κ2) is 8.02. The molecule has 1 N–H and O–H groups in total. The molecule has 0 unspecified atom stereocenters. The van der Waals surface area contributed by atoms with E-state index in [0.29, 0.717) is 17.2 Å². The molecule has 1 aromatic heterocycles. The third-order valence-electron chi connectivity index (χ3n) is 3.70. The molecule has 0 aliphatic rings. The largest absolute Gasteiger partial charge is 0.484 e. The van der Waals surface area contributed by atoms with Crippen molar-refractivity contribution in [2.24, 2.45) is 0 Å². The topological polar surface area (TPSA) is 71.8 Å². The highest BCUT2D eigenvalue weighted by molar-refractivity contribution is 6.05. The Kier molecular flexibility index (Phi) is 5.34. The van der Waals surface area contributed by atoms with Gasteiger partial charge in [0.25, 0.3) is 11.8 Å². The van der Waals surface area contributed by atoms with Crippen LogP contribution in [0.15, 0.2) is 77.4 Å². The van der Waals surface area contributed by atoms with Gasteiger partial charge in [0, 0.05) is 24.4 Å². The molecular formula is C20H18N2O4. The van der Waals surface area contributed by atoms with Gasteiger partial charge in [-0.3, -0.25) is 14.9 Å². The lowest BCUT2D eigenvalue weighted by Crippen LogP contribution is -2.26. The van der Waals surface area contributed by atoms with Crippen LogP contribution in [0.5, 0.6) is 5.75 Å². The predicted octanol–water partition coefficient (Wildman–Crippen LogP) is 3.57. The van der Waals surface area contributed by atoms with E-state index < -0.39 is 0 Å². The number of nitrogens with zero attached hydrogens (tertiary/aromatic N) is 1.